The number of aryl methyl sites for hydroxylation is 1. The van der Waals surface area contributed by atoms with Crippen LogP contribution >= 0.6 is 0 Å². The lowest BCUT2D eigenvalue weighted by atomic mass is 9.97. The van der Waals surface area contributed by atoms with Gasteiger partial charge < -0.3 is 9.80 Å². The molecule has 2 aromatic rings. The van der Waals surface area contributed by atoms with E-state index in [1.165, 1.54) is 6.07 Å². The third-order valence-corrected chi connectivity index (χ3v) is 4.99. The summed E-state index contributed by atoms with van der Waals surface area (Å²) in [5, 5.41) is 7.36. The molecule has 1 aromatic heterocycles. The Bertz CT molecular complexity index is 749. The van der Waals surface area contributed by atoms with Gasteiger partial charge in [0, 0.05) is 26.7 Å². The van der Waals surface area contributed by atoms with Gasteiger partial charge in [-0.1, -0.05) is 23.4 Å². The minimum Gasteiger partial charge on any atom is -0.340 e. The van der Waals surface area contributed by atoms with Crippen molar-refractivity contribution in [2.75, 3.05) is 33.2 Å². The molecule has 26 heavy (non-hydrogen) atoms. The molecule has 0 saturated carbocycles. The molecular weight excluding hydrogens is 335 g/mol. The first kappa shape index (κ1) is 18.5. The van der Waals surface area contributed by atoms with Gasteiger partial charge >= 0.3 is 0 Å². The number of piperidine rings is 1. The zero-order valence-corrected chi connectivity index (χ0v) is 15.3. The Balaban J connectivity index is 1.51. The molecule has 1 aromatic carbocycles. The molecular formula is C19H25FN4O2. The van der Waals surface area contributed by atoms with Gasteiger partial charge in [-0.15, -0.1) is 0 Å². The minimum atomic E-state index is -0.160. The highest BCUT2D eigenvalue weighted by atomic mass is 19.1. The van der Waals surface area contributed by atoms with Gasteiger partial charge in [-0.25, -0.2) is 9.02 Å². The van der Waals surface area contributed by atoms with Gasteiger partial charge in [0.25, 0.3) is 5.91 Å². The number of halogens is 1. The highest BCUT2D eigenvalue weighted by molar-refractivity contribution is 5.92. The second kappa shape index (κ2) is 8.40. The second-order valence-corrected chi connectivity index (χ2v) is 7.03. The molecule has 1 atom stereocenters. The van der Waals surface area contributed by atoms with Crippen LogP contribution < -0.4 is 0 Å². The number of carbonyl (C=O) groups is 1. The van der Waals surface area contributed by atoms with Gasteiger partial charge in [-0.2, -0.15) is 0 Å². The van der Waals surface area contributed by atoms with Crippen molar-refractivity contribution < 1.29 is 13.8 Å². The van der Waals surface area contributed by atoms with E-state index >= 15 is 0 Å². The predicted octanol–water partition coefficient (Wildman–Crippen LogP) is 2.54. The van der Waals surface area contributed by atoms with Crippen LogP contribution in [-0.4, -0.2) is 59.2 Å². The van der Waals surface area contributed by atoms with Crippen molar-refractivity contribution in [1.82, 2.24) is 20.1 Å². The molecule has 0 radical (unpaired) electrons. The van der Waals surface area contributed by atoms with Crippen LogP contribution in [0.4, 0.5) is 4.39 Å². The molecule has 1 amide bonds. The number of nitrogens with zero attached hydrogens (tertiary/aromatic N) is 4. The zero-order chi connectivity index (χ0) is 18.5. The smallest absolute Gasteiger partial charge is 0.277 e. The minimum absolute atomic E-state index is 0.136. The molecule has 0 unspecified atom stereocenters. The van der Waals surface area contributed by atoms with Crippen molar-refractivity contribution in [2.24, 2.45) is 5.92 Å². The molecule has 0 bridgehead atoms. The van der Waals surface area contributed by atoms with Gasteiger partial charge in [-0.3, -0.25) is 4.79 Å². The maximum absolute atomic E-state index is 13.8. The topological polar surface area (TPSA) is 62.5 Å². The zero-order valence-electron chi connectivity index (χ0n) is 15.3. The lowest BCUT2D eigenvalue weighted by Gasteiger charge is -2.34. The molecule has 0 spiro atoms. The fourth-order valence-electron chi connectivity index (χ4n) is 3.56. The largest absolute Gasteiger partial charge is 0.340 e. The molecule has 0 aliphatic carbocycles. The molecule has 7 heteroatoms. The lowest BCUT2D eigenvalue weighted by Crippen LogP contribution is -2.42. The molecule has 6 nitrogen and oxygen atoms in total. The van der Waals surface area contributed by atoms with Gasteiger partial charge in [0.2, 0.25) is 0 Å². The summed E-state index contributed by atoms with van der Waals surface area (Å²) < 4.78 is 18.4. The molecule has 1 aliphatic rings. The molecule has 1 fully saturated rings. The summed E-state index contributed by atoms with van der Waals surface area (Å²) in [5.74, 6) is 0.105. The Morgan fingerprint density at radius 3 is 2.92 bits per heavy atom. The van der Waals surface area contributed by atoms with E-state index in [-0.39, 0.29) is 17.4 Å². The van der Waals surface area contributed by atoms with Crippen LogP contribution in [0.5, 0.6) is 0 Å². The van der Waals surface area contributed by atoms with Crippen LogP contribution in [0.25, 0.3) is 0 Å². The molecule has 0 N–H and O–H groups in total. The number of likely N-dealkylation sites (tertiary alicyclic amines) is 1. The number of benzene rings is 1. The third-order valence-electron chi connectivity index (χ3n) is 4.99. The highest BCUT2D eigenvalue weighted by Gasteiger charge is 2.25. The Kier molecular flexibility index (Phi) is 5.98. The highest BCUT2D eigenvalue weighted by Crippen LogP contribution is 2.19. The first-order valence-corrected chi connectivity index (χ1v) is 9.05. The number of rotatable bonds is 6. The SMILES string of the molecule is Cc1nonc1C(=O)N(C)C[C@@H]1CCCN(CCc2ccccc2F)C1. The third kappa shape index (κ3) is 4.46. The van der Waals surface area contributed by atoms with Crippen LogP contribution in [-0.2, 0) is 6.42 Å². The van der Waals surface area contributed by atoms with E-state index < -0.39 is 0 Å². The van der Waals surface area contributed by atoms with E-state index in [4.69, 9.17) is 0 Å². The Hall–Kier alpha value is -2.28. The summed E-state index contributed by atoms with van der Waals surface area (Å²) in [5.41, 5.74) is 1.55. The van der Waals surface area contributed by atoms with Gasteiger partial charge in [0.1, 0.15) is 11.5 Å². The van der Waals surface area contributed by atoms with Gasteiger partial charge in [0.05, 0.1) is 0 Å². The lowest BCUT2D eigenvalue weighted by molar-refractivity contribution is 0.0719. The van der Waals surface area contributed by atoms with E-state index in [9.17, 15) is 9.18 Å². The summed E-state index contributed by atoms with van der Waals surface area (Å²) in [6.45, 7) is 5.16. The van der Waals surface area contributed by atoms with Crippen molar-refractivity contribution in [3.63, 3.8) is 0 Å². The normalized spacial score (nSPS) is 18.0. The van der Waals surface area contributed by atoms with Crippen LogP contribution in [0.1, 0.15) is 34.6 Å². The van der Waals surface area contributed by atoms with Crippen LogP contribution in [0, 0.1) is 18.7 Å². The fraction of sp³-hybridized carbons (Fsp3) is 0.526. The van der Waals surface area contributed by atoms with E-state index in [2.05, 4.69) is 19.8 Å². The van der Waals surface area contributed by atoms with E-state index in [0.29, 0.717) is 24.6 Å². The summed E-state index contributed by atoms with van der Waals surface area (Å²) in [6, 6.07) is 6.95. The maximum Gasteiger partial charge on any atom is 0.277 e. The first-order valence-electron chi connectivity index (χ1n) is 9.05. The molecule has 140 valence electrons. The molecule has 1 aliphatic heterocycles. The van der Waals surface area contributed by atoms with Crippen molar-refractivity contribution >= 4 is 5.91 Å². The fourth-order valence-corrected chi connectivity index (χ4v) is 3.56. The van der Waals surface area contributed by atoms with Crippen molar-refractivity contribution in [1.29, 1.82) is 0 Å². The monoisotopic (exact) mass is 360 g/mol. The summed E-state index contributed by atoms with van der Waals surface area (Å²) in [6.07, 6.45) is 2.89. The van der Waals surface area contributed by atoms with Crippen molar-refractivity contribution in [2.45, 2.75) is 26.2 Å². The Labute approximate surface area is 152 Å². The summed E-state index contributed by atoms with van der Waals surface area (Å²) >= 11 is 0. The van der Waals surface area contributed by atoms with Crippen LogP contribution in [0.2, 0.25) is 0 Å². The number of hydrogen-bond donors (Lipinski definition) is 0. The first-order chi connectivity index (χ1) is 12.5. The van der Waals surface area contributed by atoms with E-state index in [1.807, 2.05) is 12.1 Å². The van der Waals surface area contributed by atoms with Gasteiger partial charge in [0.15, 0.2) is 5.69 Å². The standard InChI is InChI=1S/C19H25FN4O2/c1-14-18(22-26-21-14)19(25)23(2)12-15-6-5-10-24(13-15)11-9-16-7-3-4-8-17(16)20/h3-4,7-8,15H,5-6,9-13H2,1-2H3/t15-/m0/s1. The Morgan fingerprint density at radius 1 is 1.38 bits per heavy atom. The van der Waals surface area contributed by atoms with E-state index in [0.717, 1.165) is 38.0 Å². The van der Waals surface area contributed by atoms with Crippen molar-refractivity contribution in [3.8, 4) is 0 Å². The molecule has 1 saturated heterocycles. The molecule has 3 rings (SSSR count). The summed E-state index contributed by atoms with van der Waals surface area (Å²) in [4.78, 5) is 16.5. The average Bonchev–Trinajstić information content (AvgIpc) is 3.06. The number of hydrogen-bond acceptors (Lipinski definition) is 5. The average molecular weight is 360 g/mol. The maximum atomic E-state index is 13.8. The van der Waals surface area contributed by atoms with E-state index in [1.54, 1.807) is 24.9 Å². The van der Waals surface area contributed by atoms with Crippen LogP contribution in [0.15, 0.2) is 28.9 Å². The quantitative estimate of drug-likeness (QED) is 0.792. The Morgan fingerprint density at radius 2 is 2.19 bits per heavy atom. The van der Waals surface area contributed by atoms with Crippen molar-refractivity contribution in [3.05, 3.63) is 47.0 Å². The second-order valence-electron chi connectivity index (χ2n) is 7.03. The number of aromatic nitrogens is 2. The number of carbonyl (C=O) groups excluding carboxylic acids is 1. The van der Waals surface area contributed by atoms with Crippen LogP contribution in [0.3, 0.4) is 0 Å². The predicted molar refractivity (Wildman–Crippen MR) is 95.3 cm³/mol. The summed E-state index contributed by atoms with van der Waals surface area (Å²) in [7, 11) is 1.79. The number of amides is 1. The molecule has 2 heterocycles. The van der Waals surface area contributed by atoms with Gasteiger partial charge in [-0.05, 0) is 55.4 Å².